The first-order valence-corrected chi connectivity index (χ1v) is 6.69. The van der Waals surface area contributed by atoms with E-state index in [0.29, 0.717) is 38.2 Å². The molecule has 7 heteroatoms. The van der Waals surface area contributed by atoms with Crippen LogP contribution in [-0.4, -0.2) is 52.6 Å². The van der Waals surface area contributed by atoms with E-state index in [4.69, 9.17) is 4.74 Å². The van der Waals surface area contributed by atoms with Crippen LogP contribution in [0.5, 0.6) is 0 Å². The zero-order valence-corrected chi connectivity index (χ0v) is 11.4. The van der Waals surface area contributed by atoms with Gasteiger partial charge in [-0.1, -0.05) is 0 Å². The number of rotatable bonds is 3. The molecule has 2 rings (SSSR count). The van der Waals surface area contributed by atoms with E-state index in [0.717, 1.165) is 0 Å². The number of carbonyl (C=O) groups is 2. The van der Waals surface area contributed by atoms with Gasteiger partial charge in [0.15, 0.2) is 0 Å². The highest BCUT2D eigenvalue weighted by atomic mass is 16.5. The van der Waals surface area contributed by atoms with Gasteiger partial charge in [-0.05, 0) is 19.8 Å². The first kappa shape index (κ1) is 14.2. The number of carbonyl (C=O) groups excluding carboxylic acids is 2. The third-order valence-corrected chi connectivity index (χ3v) is 3.16. The molecule has 2 heterocycles. The Kier molecular flexibility index (Phi) is 4.86. The number of hydrogen-bond acceptors (Lipinski definition) is 5. The topological polar surface area (TPSA) is 84.4 Å². The minimum Gasteiger partial charge on any atom is -0.450 e. The van der Waals surface area contributed by atoms with Crippen molar-refractivity contribution < 1.29 is 14.3 Å². The molecule has 20 heavy (non-hydrogen) atoms. The van der Waals surface area contributed by atoms with Gasteiger partial charge in [0, 0.05) is 31.5 Å². The third-order valence-electron chi connectivity index (χ3n) is 3.16. The fourth-order valence-electron chi connectivity index (χ4n) is 2.14. The van der Waals surface area contributed by atoms with Crippen molar-refractivity contribution in [3.8, 4) is 0 Å². The maximum absolute atomic E-state index is 12.1. The molecule has 1 aliphatic heterocycles. The fraction of sp³-hybridized carbons (Fsp3) is 0.538. The molecule has 0 bridgehead atoms. The van der Waals surface area contributed by atoms with Crippen molar-refractivity contribution in [2.75, 3.05) is 19.7 Å². The highest BCUT2D eigenvalue weighted by Crippen LogP contribution is 2.12. The first-order chi connectivity index (χ1) is 9.70. The maximum Gasteiger partial charge on any atom is 0.407 e. The largest absolute Gasteiger partial charge is 0.450 e. The second kappa shape index (κ2) is 6.83. The molecule has 0 aliphatic carbocycles. The van der Waals surface area contributed by atoms with Crippen molar-refractivity contribution in [1.82, 2.24) is 20.2 Å². The number of amides is 2. The Hall–Kier alpha value is -2.18. The summed E-state index contributed by atoms with van der Waals surface area (Å²) < 4.78 is 4.84. The Bertz CT molecular complexity index is 458. The molecule has 0 saturated carbocycles. The molecule has 0 unspecified atom stereocenters. The molecule has 1 aliphatic rings. The zero-order chi connectivity index (χ0) is 14.4. The molecule has 2 amide bonds. The molecule has 0 radical (unpaired) electrons. The van der Waals surface area contributed by atoms with E-state index in [-0.39, 0.29) is 11.9 Å². The van der Waals surface area contributed by atoms with E-state index < -0.39 is 6.09 Å². The molecule has 0 atom stereocenters. The summed E-state index contributed by atoms with van der Waals surface area (Å²) in [4.78, 5) is 33.1. The lowest BCUT2D eigenvalue weighted by atomic mass is 10.1. The van der Waals surface area contributed by atoms with Crippen molar-refractivity contribution in [1.29, 1.82) is 0 Å². The molecule has 1 N–H and O–H groups in total. The number of likely N-dealkylation sites (tertiary alicyclic amines) is 1. The van der Waals surface area contributed by atoms with Crippen LogP contribution in [0, 0.1) is 0 Å². The maximum atomic E-state index is 12.1. The molecule has 0 spiro atoms. The molecule has 0 aromatic carbocycles. The highest BCUT2D eigenvalue weighted by Gasteiger charge is 2.25. The predicted molar refractivity (Wildman–Crippen MR) is 71.1 cm³/mol. The van der Waals surface area contributed by atoms with Crippen LogP contribution in [0.4, 0.5) is 4.79 Å². The standard InChI is InChI=1S/C13H18N4O3/c1-2-20-13(19)16-10-3-7-17(8-4-10)12(18)11-9-14-5-6-15-11/h5-6,9-10H,2-4,7-8H2,1H3,(H,16,19). The summed E-state index contributed by atoms with van der Waals surface area (Å²) >= 11 is 0. The van der Waals surface area contributed by atoms with E-state index in [9.17, 15) is 9.59 Å². The summed E-state index contributed by atoms with van der Waals surface area (Å²) in [6.45, 7) is 3.30. The van der Waals surface area contributed by atoms with E-state index in [1.54, 1.807) is 11.8 Å². The fourth-order valence-corrected chi connectivity index (χ4v) is 2.14. The average molecular weight is 278 g/mol. The van der Waals surface area contributed by atoms with Crippen LogP contribution in [0.3, 0.4) is 0 Å². The van der Waals surface area contributed by atoms with Crippen molar-refractivity contribution in [2.45, 2.75) is 25.8 Å². The van der Waals surface area contributed by atoms with Crippen LogP contribution in [0.15, 0.2) is 18.6 Å². The van der Waals surface area contributed by atoms with Crippen LogP contribution >= 0.6 is 0 Å². The number of hydrogen-bond donors (Lipinski definition) is 1. The van der Waals surface area contributed by atoms with Crippen molar-refractivity contribution in [3.63, 3.8) is 0 Å². The Morgan fingerprint density at radius 2 is 2.15 bits per heavy atom. The number of nitrogens with one attached hydrogen (secondary N) is 1. The summed E-state index contributed by atoms with van der Waals surface area (Å²) in [5.41, 5.74) is 0.351. The number of nitrogens with zero attached hydrogens (tertiary/aromatic N) is 3. The Balaban J connectivity index is 1.82. The van der Waals surface area contributed by atoms with Crippen LogP contribution in [0.2, 0.25) is 0 Å². The van der Waals surface area contributed by atoms with Gasteiger partial charge in [0.25, 0.3) is 5.91 Å². The van der Waals surface area contributed by atoms with E-state index in [2.05, 4.69) is 15.3 Å². The van der Waals surface area contributed by atoms with Gasteiger partial charge in [-0.2, -0.15) is 0 Å². The molecule has 1 fully saturated rings. The van der Waals surface area contributed by atoms with Crippen molar-refractivity contribution in [2.24, 2.45) is 0 Å². The molecular weight excluding hydrogens is 260 g/mol. The SMILES string of the molecule is CCOC(=O)NC1CCN(C(=O)c2cnccn2)CC1. The second-order valence-corrected chi connectivity index (χ2v) is 4.52. The molecular formula is C13H18N4O3. The quantitative estimate of drug-likeness (QED) is 0.885. The van der Waals surface area contributed by atoms with Crippen molar-refractivity contribution in [3.05, 3.63) is 24.3 Å². The van der Waals surface area contributed by atoms with E-state index in [1.165, 1.54) is 18.6 Å². The summed E-state index contributed by atoms with van der Waals surface area (Å²) in [5.74, 6) is -0.118. The minimum absolute atomic E-state index is 0.0555. The number of alkyl carbamates (subject to hydrolysis) is 1. The lowest BCUT2D eigenvalue weighted by Gasteiger charge is -2.31. The van der Waals surface area contributed by atoms with Gasteiger partial charge in [-0.3, -0.25) is 9.78 Å². The lowest BCUT2D eigenvalue weighted by molar-refractivity contribution is 0.0696. The van der Waals surface area contributed by atoms with Crippen molar-refractivity contribution >= 4 is 12.0 Å². The number of aromatic nitrogens is 2. The third kappa shape index (κ3) is 3.66. The van der Waals surface area contributed by atoms with Gasteiger partial charge >= 0.3 is 6.09 Å². The Morgan fingerprint density at radius 3 is 2.75 bits per heavy atom. The Labute approximate surface area is 117 Å². The summed E-state index contributed by atoms with van der Waals surface area (Å²) in [6, 6.07) is 0.0555. The van der Waals surface area contributed by atoms with Crippen LogP contribution in [0.1, 0.15) is 30.3 Å². The normalized spacial score (nSPS) is 15.8. The van der Waals surface area contributed by atoms with Crippen LogP contribution < -0.4 is 5.32 Å². The highest BCUT2D eigenvalue weighted by molar-refractivity contribution is 5.92. The first-order valence-electron chi connectivity index (χ1n) is 6.69. The van der Waals surface area contributed by atoms with Gasteiger partial charge in [0.1, 0.15) is 5.69 Å². The second-order valence-electron chi connectivity index (χ2n) is 4.52. The predicted octanol–water partition coefficient (Wildman–Crippen LogP) is 0.827. The summed E-state index contributed by atoms with van der Waals surface area (Å²) in [7, 11) is 0. The van der Waals surface area contributed by atoms with E-state index in [1.807, 2.05) is 0 Å². The lowest BCUT2D eigenvalue weighted by Crippen LogP contribution is -2.46. The number of piperidine rings is 1. The number of ether oxygens (including phenoxy) is 1. The molecule has 1 aromatic heterocycles. The van der Waals surface area contributed by atoms with Gasteiger partial charge in [-0.15, -0.1) is 0 Å². The van der Waals surface area contributed by atoms with Crippen LogP contribution in [0.25, 0.3) is 0 Å². The molecule has 1 aromatic rings. The van der Waals surface area contributed by atoms with Crippen LogP contribution in [-0.2, 0) is 4.74 Å². The van der Waals surface area contributed by atoms with Gasteiger partial charge in [0.05, 0.1) is 12.8 Å². The summed E-state index contributed by atoms with van der Waals surface area (Å²) in [6.07, 6.45) is 5.53. The summed E-state index contributed by atoms with van der Waals surface area (Å²) in [5, 5.41) is 2.79. The average Bonchev–Trinajstić information content (AvgIpc) is 2.48. The zero-order valence-electron chi connectivity index (χ0n) is 11.4. The molecule has 108 valence electrons. The monoisotopic (exact) mass is 278 g/mol. The Morgan fingerprint density at radius 1 is 1.40 bits per heavy atom. The van der Waals surface area contributed by atoms with E-state index >= 15 is 0 Å². The smallest absolute Gasteiger partial charge is 0.407 e. The molecule has 1 saturated heterocycles. The van der Waals surface area contributed by atoms with Gasteiger partial charge < -0.3 is 15.0 Å². The van der Waals surface area contributed by atoms with Gasteiger partial charge in [0.2, 0.25) is 0 Å². The minimum atomic E-state index is -0.397. The molecule has 7 nitrogen and oxygen atoms in total. The van der Waals surface area contributed by atoms with Gasteiger partial charge in [-0.25, -0.2) is 9.78 Å².